The number of para-hydroxylation sites is 1. The van der Waals surface area contributed by atoms with Gasteiger partial charge in [-0.15, -0.1) is 0 Å². The molecule has 180 valence electrons. The van der Waals surface area contributed by atoms with Crippen LogP contribution in [0.4, 0.5) is 18.9 Å². The van der Waals surface area contributed by atoms with E-state index in [0.29, 0.717) is 16.8 Å². The van der Waals surface area contributed by atoms with Crippen LogP contribution in [0, 0.1) is 0 Å². The number of anilines is 1. The van der Waals surface area contributed by atoms with Gasteiger partial charge in [-0.3, -0.25) is 0 Å². The average molecular weight is 485 g/mol. The maximum Gasteiger partial charge on any atom is 0.431 e. The molecular weight excluding hydrogens is 461 g/mol. The molecule has 0 saturated carbocycles. The smallest absolute Gasteiger partial charge is 0.431 e. The molecule has 3 nitrogen and oxygen atoms in total. The van der Waals surface area contributed by atoms with Crippen LogP contribution in [0.15, 0.2) is 126 Å². The third kappa shape index (κ3) is 5.18. The predicted molar refractivity (Wildman–Crippen MR) is 138 cm³/mol. The number of aliphatic imine (C=N–C) groups is 1. The van der Waals surface area contributed by atoms with E-state index in [1.807, 2.05) is 109 Å². The highest BCUT2D eigenvalue weighted by atomic mass is 19.4. The number of halogens is 3. The Kier molecular flexibility index (Phi) is 6.58. The van der Waals surface area contributed by atoms with Gasteiger partial charge in [0.15, 0.2) is 0 Å². The van der Waals surface area contributed by atoms with Crippen LogP contribution in [-0.2, 0) is 4.74 Å². The predicted octanol–water partition coefficient (Wildman–Crippen LogP) is 8.05. The van der Waals surface area contributed by atoms with Crippen molar-refractivity contribution in [1.82, 2.24) is 0 Å². The molecule has 0 aromatic heterocycles. The van der Waals surface area contributed by atoms with E-state index < -0.39 is 11.9 Å². The Hall–Kier alpha value is -4.32. The van der Waals surface area contributed by atoms with E-state index in [1.54, 1.807) is 0 Å². The zero-order valence-corrected chi connectivity index (χ0v) is 19.2. The first-order chi connectivity index (χ1) is 17.5. The number of hydrogen-bond donors (Lipinski definition) is 1. The summed E-state index contributed by atoms with van der Waals surface area (Å²) in [6.45, 7) is 0.191. The maximum atomic E-state index is 14.3. The van der Waals surface area contributed by atoms with Crippen LogP contribution in [0.3, 0.4) is 0 Å². The van der Waals surface area contributed by atoms with Gasteiger partial charge in [-0.05, 0) is 16.7 Å². The summed E-state index contributed by atoms with van der Waals surface area (Å²) in [7, 11) is 0. The summed E-state index contributed by atoms with van der Waals surface area (Å²) in [6.07, 6.45) is -3.71. The van der Waals surface area contributed by atoms with E-state index in [9.17, 15) is 13.2 Å². The zero-order chi connectivity index (χ0) is 25.0. The molecule has 1 aliphatic heterocycles. The second kappa shape index (κ2) is 10.1. The van der Waals surface area contributed by atoms with Crippen molar-refractivity contribution >= 4 is 11.6 Å². The number of allylic oxidation sites excluding steroid dienone is 1. The third-order valence-electron chi connectivity index (χ3n) is 5.92. The number of ether oxygens (including phenoxy) is 1. The number of nitrogens with zero attached hydrogens (tertiary/aromatic N) is 1. The van der Waals surface area contributed by atoms with Crippen LogP contribution in [0.25, 0.3) is 22.3 Å². The van der Waals surface area contributed by atoms with Gasteiger partial charge in [0, 0.05) is 17.2 Å². The van der Waals surface area contributed by atoms with E-state index in [1.165, 1.54) is 0 Å². The second-order valence-corrected chi connectivity index (χ2v) is 8.35. The number of alkyl halides is 3. The lowest BCUT2D eigenvalue weighted by atomic mass is 9.95. The maximum absolute atomic E-state index is 14.3. The van der Waals surface area contributed by atoms with Gasteiger partial charge in [-0.1, -0.05) is 109 Å². The summed E-state index contributed by atoms with van der Waals surface area (Å²) < 4.78 is 48.5. The molecule has 4 aromatic rings. The van der Waals surface area contributed by atoms with Gasteiger partial charge < -0.3 is 10.1 Å². The Labute approximate surface area is 207 Å². The van der Waals surface area contributed by atoms with E-state index in [0.717, 1.165) is 22.8 Å². The molecule has 0 bridgehead atoms. The largest absolute Gasteiger partial charge is 0.475 e. The minimum atomic E-state index is -4.66. The van der Waals surface area contributed by atoms with Crippen molar-refractivity contribution in [2.24, 2.45) is 4.99 Å². The molecule has 1 N–H and O–H groups in total. The molecule has 4 aromatic carbocycles. The van der Waals surface area contributed by atoms with Crippen LogP contribution in [0.1, 0.15) is 11.6 Å². The van der Waals surface area contributed by atoms with Crippen molar-refractivity contribution in [3.05, 3.63) is 127 Å². The van der Waals surface area contributed by atoms with E-state index >= 15 is 0 Å². The Morgan fingerprint density at radius 2 is 1.28 bits per heavy atom. The molecule has 0 saturated heterocycles. The highest BCUT2D eigenvalue weighted by molar-refractivity contribution is 5.94. The van der Waals surface area contributed by atoms with Crippen molar-refractivity contribution in [2.45, 2.75) is 12.2 Å². The summed E-state index contributed by atoms with van der Waals surface area (Å²) in [5.74, 6) is -0.0536. The number of nitrogens with one attached hydrogen (secondary N) is 1. The molecule has 0 spiro atoms. The van der Waals surface area contributed by atoms with Gasteiger partial charge in [0.05, 0.1) is 5.69 Å². The van der Waals surface area contributed by atoms with Crippen LogP contribution in [0.2, 0.25) is 0 Å². The summed E-state index contributed by atoms with van der Waals surface area (Å²) in [4.78, 5) is 4.39. The Morgan fingerprint density at radius 3 is 1.81 bits per heavy atom. The van der Waals surface area contributed by atoms with Gasteiger partial charge in [-0.2, -0.15) is 13.2 Å². The fraction of sp³-hybridized carbons (Fsp3) is 0.100. The number of rotatable bonds is 6. The van der Waals surface area contributed by atoms with Gasteiger partial charge in [0.25, 0.3) is 0 Å². The molecule has 0 aliphatic carbocycles. The topological polar surface area (TPSA) is 33.6 Å². The van der Waals surface area contributed by atoms with Crippen LogP contribution in [-0.4, -0.2) is 18.7 Å². The standard InChI is InChI=1S/C30H23F3N2O/c31-30(32,33)27(19-28-34-26(20-36-28)23-15-8-3-9-16-23)35-29-24(21-11-4-1-5-12-21)17-10-18-25(29)22-13-6-2-7-14-22/h1-19,26,35H,20H2. The first kappa shape index (κ1) is 23.4. The molecule has 1 unspecified atom stereocenters. The summed E-state index contributed by atoms with van der Waals surface area (Å²) in [5.41, 5.74) is 3.22. The molecular formula is C30H23F3N2O. The molecule has 5 rings (SSSR count). The Bertz CT molecular complexity index is 1320. The molecule has 0 amide bonds. The lowest BCUT2D eigenvalue weighted by Crippen LogP contribution is -2.21. The van der Waals surface area contributed by atoms with E-state index in [-0.39, 0.29) is 18.5 Å². The summed E-state index contributed by atoms with van der Waals surface area (Å²) >= 11 is 0. The van der Waals surface area contributed by atoms with Gasteiger partial charge >= 0.3 is 6.18 Å². The van der Waals surface area contributed by atoms with E-state index in [4.69, 9.17) is 4.74 Å². The fourth-order valence-electron chi connectivity index (χ4n) is 4.17. The number of benzene rings is 4. The fourth-order valence-corrected chi connectivity index (χ4v) is 4.17. The van der Waals surface area contributed by atoms with Gasteiger partial charge in [-0.25, -0.2) is 4.99 Å². The van der Waals surface area contributed by atoms with Crippen molar-refractivity contribution in [1.29, 1.82) is 0 Å². The third-order valence-corrected chi connectivity index (χ3v) is 5.92. The number of hydrogen-bond acceptors (Lipinski definition) is 3. The van der Waals surface area contributed by atoms with Crippen LogP contribution < -0.4 is 5.32 Å². The molecule has 6 heteroatoms. The van der Waals surface area contributed by atoms with Crippen LogP contribution in [0.5, 0.6) is 0 Å². The molecule has 1 atom stereocenters. The zero-order valence-electron chi connectivity index (χ0n) is 19.2. The molecule has 0 radical (unpaired) electrons. The van der Waals surface area contributed by atoms with Crippen molar-refractivity contribution in [3.63, 3.8) is 0 Å². The minimum Gasteiger partial charge on any atom is -0.475 e. The SMILES string of the molecule is FC(F)(F)C(=CC1=NC(c2ccccc2)CO1)Nc1c(-c2ccccc2)cccc1-c1ccccc1. The lowest BCUT2D eigenvalue weighted by molar-refractivity contribution is -0.0902. The molecule has 1 heterocycles. The van der Waals surface area contributed by atoms with Gasteiger partial charge in [0.2, 0.25) is 5.90 Å². The second-order valence-electron chi connectivity index (χ2n) is 8.35. The molecule has 1 aliphatic rings. The minimum absolute atomic E-state index is 0.0536. The van der Waals surface area contributed by atoms with Crippen molar-refractivity contribution in [2.75, 3.05) is 11.9 Å². The first-order valence-corrected chi connectivity index (χ1v) is 11.5. The Balaban J connectivity index is 1.58. The summed E-state index contributed by atoms with van der Waals surface area (Å²) in [5, 5.41) is 2.71. The van der Waals surface area contributed by atoms with Gasteiger partial charge in [0.1, 0.15) is 18.3 Å². The lowest BCUT2D eigenvalue weighted by Gasteiger charge is -2.21. The monoisotopic (exact) mass is 484 g/mol. The molecule has 0 fully saturated rings. The van der Waals surface area contributed by atoms with E-state index in [2.05, 4.69) is 10.3 Å². The summed E-state index contributed by atoms with van der Waals surface area (Å²) in [6, 6.07) is 33.2. The quantitative estimate of drug-likeness (QED) is 0.300. The van der Waals surface area contributed by atoms with Crippen molar-refractivity contribution in [3.8, 4) is 22.3 Å². The Morgan fingerprint density at radius 1 is 0.750 bits per heavy atom. The highest BCUT2D eigenvalue weighted by Crippen LogP contribution is 2.40. The van der Waals surface area contributed by atoms with Crippen LogP contribution >= 0.6 is 0 Å². The molecule has 36 heavy (non-hydrogen) atoms. The highest BCUT2D eigenvalue weighted by Gasteiger charge is 2.36. The normalized spacial score (nSPS) is 15.8. The van der Waals surface area contributed by atoms with Crippen molar-refractivity contribution < 1.29 is 17.9 Å². The first-order valence-electron chi connectivity index (χ1n) is 11.5. The average Bonchev–Trinajstić information content (AvgIpc) is 3.38.